The number of imidazole rings is 1. The molecule has 0 saturated heterocycles. The molecule has 2 aromatic heterocycles. The van der Waals surface area contributed by atoms with E-state index in [0.29, 0.717) is 34.7 Å². The maximum atomic E-state index is 12.8. The monoisotopic (exact) mass is 489 g/mol. The molecule has 33 heavy (non-hydrogen) atoms. The second-order valence-electron chi connectivity index (χ2n) is 7.85. The second-order valence-corrected chi connectivity index (χ2v) is 11.1. The molecule has 0 aliphatic rings. The van der Waals surface area contributed by atoms with Crippen LogP contribution in [0.25, 0.3) is 0 Å². The Morgan fingerprint density at radius 1 is 1.30 bits per heavy atom. The lowest BCUT2D eigenvalue weighted by Crippen LogP contribution is -2.20. The van der Waals surface area contributed by atoms with Crippen LogP contribution in [0.5, 0.6) is 5.75 Å². The number of nitrogens with zero attached hydrogens (tertiary/aromatic N) is 2. The lowest BCUT2D eigenvalue weighted by molar-refractivity contribution is 0.260. The van der Waals surface area contributed by atoms with Crippen molar-refractivity contribution in [3.63, 3.8) is 0 Å². The lowest BCUT2D eigenvalue weighted by atomic mass is 10.2. The van der Waals surface area contributed by atoms with Crippen LogP contribution in [-0.4, -0.2) is 36.0 Å². The van der Waals surface area contributed by atoms with Gasteiger partial charge in [-0.15, -0.1) is 17.9 Å². The number of hydrogen-bond donors (Lipinski definition) is 3. The SMILES string of the molecule is C=CC(c1ncc[nH]1)S(=O)(=O)Cc1cnc(NC(=O)Nc2ccc(C)cc2OCC(C)C)s1. The molecule has 0 radical (unpaired) electrons. The van der Waals surface area contributed by atoms with Crippen LogP contribution in [0, 0.1) is 12.8 Å². The van der Waals surface area contributed by atoms with Crippen LogP contribution in [0.1, 0.15) is 35.4 Å². The van der Waals surface area contributed by atoms with E-state index in [1.807, 2.05) is 32.9 Å². The van der Waals surface area contributed by atoms with Crippen LogP contribution in [0.2, 0.25) is 0 Å². The molecule has 0 spiro atoms. The van der Waals surface area contributed by atoms with Crippen LogP contribution < -0.4 is 15.4 Å². The van der Waals surface area contributed by atoms with Gasteiger partial charge in [-0.25, -0.2) is 23.2 Å². The van der Waals surface area contributed by atoms with Crippen molar-refractivity contribution in [1.82, 2.24) is 15.0 Å². The van der Waals surface area contributed by atoms with Gasteiger partial charge in [0.1, 0.15) is 16.8 Å². The summed E-state index contributed by atoms with van der Waals surface area (Å²) in [6.45, 7) is 10.2. The third kappa shape index (κ3) is 6.65. The Bertz CT molecular complexity index is 1200. The fraction of sp³-hybridized carbons (Fsp3) is 0.318. The van der Waals surface area contributed by atoms with Gasteiger partial charge in [0.05, 0.1) is 18.0 Å². The Balaban J connectivity index is 1.65. The summed E-state index contributed by atoms with van der Waals surface area (Å²) in [6, 6.07) is 5.00. The third-order valence-corrected chi connectivity index (χ3v) is 7.46. The first-order valence-electron chi connectivity index (χ1n) is 10.3. The average molecular weight is 490 g/mol. The summed E-state index contributed by atoms with van der Waals surface area (Å²) in [7, 11) is -3.62. The Hall–Kier alpha value is -3.18. The van der Waals surface area contributed by atoms with Gasteiger partial charge in [0.25, 0.3) is 0 Å². The first-order chi connectivity index (χ1) is 15.7. The van der Waals surface area contributed by atoms with Crippen LogP contribution in [0.15, 0.2) is 49.4 Å². The normalized spacial score (nSPS) is 12.4. The summed E-state index contributed by atoms with van der Waals surface area (Å²) < 4.78 is 31.4. The highest BCUT2D eigenvalue weighted by Gasteiger charge is 2.27. The van der Waals surface area contributed by atoms with Gasteiger partial charge in [0, 0.05) is 23.5 Å². The standard InChI is InChI=1S/C22H27N5O4S2/c1-5-19(20-23-8-9-24-20)33(29,30)13-16-11-25-22(32-16)27-21(28)26-17-7-6-15(4)10-18(17)31-12-14(2)3/h5-11,14,19H,1,12-13H2,2-4H3,(H,23,24)(H2,25,26,27,28). The van der Waals surface area contributed by atoms with E-state index in [1.165, 1.54) is 18.5 Å². The number of rotatable bonds is 10. The summed E-state index contributed by atoms with van der Waals surface area (Å²) in [5, 5.41) is 4.73. The van der Waals surface area contributed by atoms with E-state index < -0.39 is 21.1 Å². The van der Waals surface area contributed by atoms with Crippen LogP contribution in [0.4, 0.5) is 15.6 Å². The number of thiazole rings is 1. The number of carbonyl (C=O) groups is 1. The average Bonchev–Trinajstić information content (AvgIpc) is 3.40. The fourth-order valence-electron chi connectivity index (χ4n) is 2.94. The molecule has 0 fully saturated rings. The molecule has 1 atom stereocenters. The minimum absolute atomic E-state index is 0.253. The first-order valence-corrected chi connectivity index (χ1v) is 12.8. The minimum atomic E-state index is -3.62. The number of sulfone groups is 1. The highest BCUT2D eigenvalue weighted by atomic mass is 32.2. The molecular formula is C22H27N5O4S2. The molecule has 9 nitrogen and oxygen atoms in total. The molecule has 2 heterocycles. The molecule has 0 aliphatic carbocycles. The number of aromatic nitrogens is 3. The van der Waals surface area contributed by atoms with Gasteiger partial charge in [-0.2, -0.15) is 0 Å². The van der Waals surface area contributed by atoms with Crippen molar-refractivity contribution in [2.24, 2.45) is 5.92 Å². The zero-order chi connectivity index (χ0) is 24.0. The summed E-state index contributed by atoms with van der Waals surface area (Å²) in [5.74, 6) is 0.973. The molecule has 1 unspecified atom stereocenters. The number of benzene rings is 1. The number of anilines is 2. The van der Waals surface area contributed by atoms with E-state index in [0.717, 1.165) is 16.9 Å². The number of amides is 2. The number of H-pyrrole nitrogens is 1. The number of carbonyl (C=O) groups excluding carboxylic acids is 1. The number of nitrogens with one attached hydrogen (secondary N) is 3. The third-order valence-electron chi connectivity index (χ3n) is 4.46. The fourth-order valence-corrected chi connectivity index (χ4v) is 5.69. The molecule has 3 rings (SSSR count). The van der Waals surface area contributed by atoms with Crippen molar-refractivity contribution in [3.05, 3.63) is 65.7 Å². The number of ether oxygens (including phenoxy) is 1. The molecule has 176 valence electrons. The van der Waals surface area contributed by atoms with E-state index >= 15 is 0 Å². The van der Waals surface area contributed by atoms with Gasteiger partial charge < -0.3 is 15.0 Å². The quantitative estimate of drug-likeness (QED) is 0.355. The number of hydrogen-bond acceptors (Lipinski definition) is 7. The van der Waals surface area contributed by atoms with Crippen LogP contribution >= 0.6 is 11.3 Å². The smallest absolute Gasteiger partial charge is 0.325 e. The van der Waals surface area contributed by atoms with Crippen molar-refractivity contribution in [2.45, 2.75) is 31.8 Å². The number of urea groups is 1. The molecule has 11 heteroatoms. The van der Waals surface area contributed by atoms with Gasteiger partial charge in [-0.05, 0) is 30.5 Å². The first kappa shape index (κ1) is 24.5. The van der Waals surface area contributed by atoms with Crippen molar-refractivity contribution in [3.8, 4) is 5.75 Å². The molecule has 1 aromatic carbocycles. The van der Waals surface area contributed by atoms with Gasteiger partial charge in [-0.3, -0.25) is 5.32 Å². The molecule has 0 saturated carbocycles. The molecule has 2 amide bonds. The Morgan fingerprint density at radius 2 is 2.09 bits per heavy atom. The maximum absolute atomic E-state index is 12.8. The minimum Gasteiger partial charge on any atom is -0.491 e. The van der Waals surface area contributed by atoms with E-state index in [1.54, 1.807) is 12.3 Å². The maximum Gasteiger partial charge on any atom is 0.325 e. The lowest BCUT2D eigenvalue weighted by Gasteiger charge is -2.14. The largest absolute Gasteiger partial charge is 0.491 e. The summed E-state index contributed by atoms with van der Waals surface area (Å²) in [5.41, 5.74) is 1.54. The van der Waals surface area contributed by atoms with Gasteiger partial charge in [0.15, 0.2) is 15.0 Å². The predicted molar refractivity (Wildman–Crippen MR) is 130 cm³/mol. The summed E-state index contributed by atoms with van der Waals surface area (Å²) in [4.78, 5) is 23.9. The number of aryl methyl sites for hydroxylation is 1. The van der Waals surface area contributed by atoms with E-state index in [2.05, 4.69) is 32.2 Å². The summed E-state index contributed by atoms with van der Waals surface area (Å²) >= 11 is 1.09. The molecule has 3 aromatic rings. The summed E-state index contributed by atoms with van der Waals surface area (Å²) in [6.07, 6.45) is 5.82. The Morgan fingerprint density at radius 3 is 2.76 bits per heavy atom. The molecule has 0 bridgehead atoms. The predicted octanol–water partition coefficient (Wildman–Crippen LogP) is 4.70. The van der Waals surface area contributed by atoms with Crippen molar-refractivity contribution in [1.29, 1.82) is 0 Å². The van der Waals surface area contributed by atoms with Gasteiger partial charge in [0.2, 0.25) is 0 Å². The van der Waals surface area contributed by atoms with Gasteiger partial charge in [-0.1, -0.05) is 26.0 Å². The highest BCUT2D eigenvalue weighted by Crippen LogP contribution is 2.29. The Labute approximate surface area is 197 Å². The van der Waals surface area contributed by atoms with Crippen molar-refractivity contribution in [2.75, 3.05) is 17.2 Å². The zero-order valence-electron chi connectivity index (χ0n) is 18.7. The molecule has 0 aliphatic heterocycles. The zero-order valence-corrected chi connectivity index (χ0v) is 20.3. The van der Waals surface area contributed by atoms with Crippen LogP contribution in [-0.2, 0) is 15.6 Å². The molecular weight excluding hydrogens is 462 g/mol. The Kier molecular flexibility index (Phi) is 7.88. The van der Waals surface area contributed by atoms with E-state index in [9.17, 15) is 13.2 Å². The van der Waals surface area contributed by atoms with Crippen molar-refractivity contribution < 1.29 is 17.9 Å². The number of aromatic amines is 1. The van der Waals surface area contributed by atoms with E-state index in [4.69, 9.17) is 4.74 Å². The highest BCUT2D eigenvalue weighted by molar-refractivity contribution is 7.91. The molecule has 3 N–H and O–H groups in total. The van der Waals surface area contributed by atoms with Gasteiger partial charge >= 0.3 is 6.03 Å². The van der Waals surface area contributed by atoms with E-state index in [-0.39, 0.29) is 10.9 Å². The second kappa shape index (κ2) is 10.6. The topological polar surface area (TPSA) is 126 Å². The van der Waals surface area contributed by atoms with Crippen molar-refractivity contribution >= 4 is 38.0 Å². The van der Waals surface area contributed by atoms with Crippen LogP contribution in [0.3, 0.4) is 0 Å².